The molecule has 1 saturated carbocycles. The van der Waals surface area contributed by atoms with Gasteiger partial charge in [0.05, 0.1) is 24.6 Å². The molecule has 1 aliphatic rings. The van der Waals surface area contributed by atoms with Crippen LogP contribution in [0.1, 0.15) is 69.1 Å². The summed E-state index contributed by atoms with van der Waals surface area (Å²) in [5.74, 6) is -1.39. The van der Waals surface area contributed by atoms with Gasteiger partial charge in [-0.05, 0) is 38.5 Å². The number of carbonyl (C=O) groups is 4. The van der Waals surface area contributed by atoms with Crippen LogP contribution in [0, 0.1) is 24.2 Å². The van der Waals surface area contributed by atoms with E-state index in [2.05, 4.69) is 15.8 Å². The molecule has 2 N–H and O–H groups in total. The van der Waals surface area contributed by atoms with E-state index in [1.165, 1.54) is 20.3 Å². The minimum absolute atomic E-state index is 0.00482. The third-order valence-corrected chi connectivity index (χ3v) is 6.29. The van der Waals surface area contributed by atoms with Gasteiger partial charge in [0.25, 0.3) is 5.91 Å². The predicted octanol–water partition coefficient (Wildman–Crippen LogP) is 2.24. The van der Waals surface area contributed by atoms with Gasteiger partial charge >= 0.3 is 0 Å². The molecule has 0 saturated heterocycles. The lowest BCUT2D eigenvalue weighted by molar-refractivity contribution is -0.135. The summed E-state index contributed by atoms with van der Waals surface area (Å²) in [4.78, 5) is 51.9. The Morgan fingerprint density at radius 2 is 1.80 bits per heavy atom. The maximum absolute atomic E-state index is 13.2. The number of Topliss-reactive ketones (excluding diaryl/α,β-unsaturated/α-hetero) is 2. The van der Waals surface area contributed by atoms with Crippen LogP contribution < -0.4 is 10.6 Å². The second-order valence-electron chi connectivity index (χ2n) is 10.1. The Hall–Kier alpha value is -2.59. The fraction of sp³-hybridized carbons (Fsp3) is 0.720. The van der Waals surface area contributed by atoms with Crippen LogP contribution in [0.4, 0.5) is 0 Å². The number of methoxy groups -OCH3 is 2. The SMILES string of the molecule is COCC[C@H](NC(=O)c1cc(C)on1)C(=O)C[C@@H](COC)C(=O)N[C@@H](CC(C)C)C(=O)C1(C)CC1. The van der Waals surface area contributed by atoms with Crippen LogP contribution in [0.15, 0.2) is 10.6 Å². The van der Waals surface area contributed by atoms with E-state index in [1.807, 2.05) is 20.8 Å². The summed E-state index contributed by atoms with van der Waals surface area (Å²) in [6, 6.07) is -0.0189. The summed E-state index contributed by atoms with van der Waals surface area (Å²) in [5.41, 5.74) is -0.318. The average Bonchev–Trinajstić information content (AvgIpc) is 3.40. The first-order chi connectivity index (χ1) is 16.5. The van der Waals surface area contributed by atoms with E-state index in [-0.39, 0.29) is 54.6 Å². The van der Waals surface area contributed by atoms with Gasteiger partial charge in [0.1, 0.15) is 5.76 Å². The summed E-state index contributed by atoms with van der Waals surface area (Å²) >= 11 is 0. The number of rotatable bonds is 16. The number of hydrogen-bond acceptors (Lipinski definition) is 8. The van der Waals surface area contributed by atoms with E-state index in [0.29, 0.717) is 12.2 Å². The molecule has 1 aromatic rings. The monoisotopic (exact) mass is 493 g/mol. The molecule has 0 bridgehead atoms. The summed E-state index contributed by atoms with van der Waals surface area (Å²) in [6.07, 6.45) is 2.24. The largest absolute Gasteiger partial charge is 0.385 e. The van der Waals surface area contributed by atoms with Crippen molar-refractivity contribution in [2.45, 2.75) is 71.9 Å². The Balaban J connectivity index is 2.10. The Bertz CT molecular complexity index is 891. The number of amides is 2. The third-order valence-electron chi connectivity index (χ3n) is 6.29. The summed E-state index contributed by atoms with van der Waals surface area (Å²) in [5, 5.41) is 9.22. The van der Waals surface area contributed by atoms with E-state index in [0.717, 1.165) is 12.8 Å². The van der Waals surface area contributed by atoms with Crippen molar-refractivity contribution < 1.29 is 33.2 Å². The lowest BCUT2D eigenvalue weighted by atomic mass is 9.90. The lowest BCUT2D eigenvalue weighted by Gasteiger charge is -2.26. The number of carbonyl (C=O) groups excluding carboxylic acids is 4. The summed E-state index contributed by atoms with van der Waals surface area (Å²) < 4.78 is 15.2. The van der Waals surface area contributed by atoms with E-state index in [9.17, 15) is 19.2 Å². The number of aromatic nitrogens is 1. The molecular formula is C25H39N3O7. The van der Waals surface area contributed by atoms with Gasteiger partial charge < -0.3 is 24.6 Å². The van der Waals surface area contributed by atoms with E-state index >= 15 is 0 Å². The van der Waals surface area contributed by atoms with Crippen molar-refractivity contribution in [1.29, 1.82) is 0 Å². The highest BCUT2D eigenvalue weighted by atomic mass is 16.5. The van der Waals surface area contributed by atoms with E-state index in [1.54, 1.807) is 6.92 Å². The fourth-order valence-electron chi connectivity index (χ4n) is 3.92. The first-order valence-electron chi connectivity index (χ1n) is 12.1. The van der Waals surface area contributed by atoms with Gasteiger partial charge in [-0.3, -0.25) is 19.2 Å². The highest BCUT2D eigenvalue weighted by molar-refractivity contribution is 5.98. The quantitative estimate of drug-likeness (QED) is 0.358. The van der Waals surface area contributed by atoms with Crippen molar-refractivity contribution in [2.24, 2.45) is 17.3 Å². The molecule has 0 aliphatic heterocycles. The van der Waals surface area contributed by atoms with E-state index in [4.69, 9.17) is 14.0 Å². The van der Waals surface area contributed by atoms with Gasteiger partial charge in [-0.1, -0.05) is 25.9 Å². The van der Waals surface area contributed by atoms with Gasteiger partial charge in [-0.2, -0.15) is 0 Å². The number of nitrogens with zero attached hydrogens (tertiary/aromatic N) is 1. The van der Waals surface area contributed by atoms with Crippen LogP contribution in [-0.2, 0) is 23.9 Å². The molecule has 0 unspecified atom stereocenters. The highest BCUT2D eigenvalue weighted by Gasteiger charge is 2.48. The van der Waals surface area contributed by atoms with Crippen LogP contribution in [0.2, 0.25) is 0 Å². The summed E-state index contributed by atoms with van der Waals surface area (Å²) in [7, 11) is 2.95. The Kier molecular flexibility index (Phi) is 10.6. The number of ether oxygens (including phenoxy) is 2. The number of hydrogen-bond donors (Lipinski definition) is 2. The molecule has 2 rings (SSSR count). The maximum atomic E-state index is 13.2. The molecule has 196 valence electrons. The molecule has 1 aliphatic carbocycles. The van der Waals surface area contributed by atoms with Gasteiger partial charge in [0.2, 0.25) is 5.91 Å². The second-order valence-corrected chi connectivity index (χ2v) is 10.1. The van der Waals surface area contributed by atoms with Gasteiger partial charge in [-0.25, -0.2) is 0 Å². The molecule has 0 spiro atoms. The normalized spacial score (nSPS) is 16.9. The number of nitrogens with one attached hydrogen (secondary N) is 2. The zero-order valence-electron chi connectivity index (χ0n) is 21.6. The molecule has 10 nitrogen and oxygen atoms in total. The van der Waals surface area contributed by atoms with Crippen molar-refractivity contribution in [3.8, 4) is 0 Å². The van der Waals surface area contributed by atoms with Crippen LogP contribution in [0.3, 0.4) is 0 Å². The zero-order valence-corrected chi connectivity index (χ0v) is 21.6. The molecule has 1 heterocycles. The Morgan fingerprint density at radius 3 is 2.31 bits per heavy atom. The Morgan fingerprint density at radius 1 is 1.11 bits per heavy atom. The van der Waals surface area contributed by atoms with Crippen molar-refractivity contribution in [1.82, 2.24) is 15.8 Å². The smallest absolute Gasteiger partial charge is 0.274 e. The minimum Gasteiger partial charge on any atom is -0.385 e. The fourth-order valence-corrected chi connectivity index (χ4v) is 3.92. The van der Waals surface area contributed by atoms with E-state index < -0.39 is 29.8 Å². The highest BCUT2D eigenvalue weighted by Crippen LogP contribution is 2.47. The number of ketones is 2. The van der Waals surface area contributed by atoms with Crippen molar-refractivity contribution in [3.05, 3.63) is 17.5 Å². The van der Waals surface area contributed by atoms with Crippen LogP contribution >= 0.6 is 0 Å². The average molecular weight is 494 g/mol. The van der Waals surface area contributed by atoms with Crippen LogP contribution in [0.5, 0.6) is 0 Å². The molecule has 1 fully saturated rings. The first kappa shape index (κ1) is 28.6. The van der Waals surface area contributed by atoms with Crippen molar-refractivity contribution in [3.63, 3.8) is 0 Å². The topological polar surface area (TPSA) is 137 Å². The van der Waals surface area contributed by atoms with Gasteiger partial charge in [0.15, 0.2) is 17.3 Å². The standard InChI is InChI=1S/C25H39N3O7/c1-15(2)11-19(22(30)25(4)8-9-25)27-23(31)17(14-34-6)13-21(29)18(7-10-33-5)26-24(32)20-12-16(3)35-28-20/h12,15,17-19H,7-11,13-14H2,1-6H3,(H,26,32)(H,27,31)/t17-,18-,19-/m0/s1. The van der Waals surface area contributed by atoms with Gasteiger partial charge in [0, 0.05) is 38.7 Å². The zero-order chi connectivity index (χ0) is 26.2. The molecule has 10 heteroatoms. The van der Waals surface area contributed by atoms with Crippen LogP contribution in [-0.4, -0.2) is 68.1 Å². The molecule has 2 amide bonds. The molecule has 0 aromatic carbocycles. The molecule has 0 radical (unpaired) electrons. The molecule has 1 aromatic heterocycles. The predicted molar refractivity (Wildman–Crippen MR) is 128 cm³/mol. The second kappa shape index (κ2) is 12.9. The van der Waals surface area contributed by atoms with Crippen LogP contribution in [0.25, 0.3) is 0 Å². The number of aryl methyl sites for hydroxylation is 1. The van der Waals surface area contributed by atoms with Gasteiger partial charge in [-0.15, -0.1) is 0 Å². The third kappa shape index (κ3) is 8.54. The minimum atomic E-state index is -0.884. The molecular weight excluding hydrogens is 454 g/mol. The molecule has 3 atom stereocenters. The van der Waals surface area contributed by atoms with Crippen molar-refractivity contribution >= 4 is 23.4 Å². The molecule has 35 heavy (non-hydrogen) atoms. The Labute approximate surface area is 206 Å². The maximum Gasteiger partial charge on any atom is 0.274 e. The first-order valence-corrected chi connectivity index (χ1v) is 12.1. The lowest BCUT2D eigenvalue weighted by Crippen LogP contribution is -2.49. The van der Waals surface area contributed by atoms with Crippen molar-refractivity contribution in [2.75, 3.05) is 27.4 Å². The summed E-state index contributed by atoms with van der Waals surface area (Å²) in [6.45, 7) is 7.81.